The van der Waals surface area contributed by atoms with E-state index in [0.717, 1.165) is 6.07 Å². The third kappa shape index (κ3) is 3.89. The van der Waals surface area contributed by atoms with Gasteiger partial charge in [-0.1, -0.05) is 6.92 Å². The fourth-order valence-corrected chi connectivity index (χ4v) is 1.40. The predicted octanol–water partition coefficient (Wildman–Crippen LogP) is 1.73. The Morgan fingerprint density at radius 1 is 1.56 bits per heavy atom. The van der Waals surface area contributed by atoms with Crippen LogP contribution in [-0.4, -0.2) is 30.9 Å². The van der Waals surface area contributed by atoms with E-state index in [1.54, 1.807) is 0 Å². The lowest BCUT2D eigenvalue weighted by Gasteiger charge is -2.16. The Balaban J connectivity index is 2.71. The van der Waals surface area contributed by atoms with Crippen LogP contribution in [0.4, 0.5) is 14.9 Å². The summed E-state index contributed by atoms with van der Waals surface area (Å²) in [6.07, 6.45) is 0.601. The normalized spacial score (nSPS) is 11.8. The number of halogens is 1. The van der Waals surface area contributed by atoms with E-state index in [-0.39, 0.29) is 18.3 Å². The standard InChI is InChI=1S/C12H17FN2O3/c1-3-9(7-16)14-12(17)15-10-6-8(13)4-5-11(10)18-2/h4-6,9,16H,3,7H2,1-2H3,(H2,14,15,17). The Hall–Kier alpha value is -1.82. The minimum atomic E-state index is -0.514. The van der Waals surface area contributed by atoms with E-state index in [4.69, 9.17) is 9.84 Å². The van der Waals surface area contributed by atoms with Crippen molar-refractivity contribution in [3.63, 3.8) is 0 Å². The number of methoxy groups -OCH3 is 1. The summed E-state index contributed by atoms with van der Waals surface area (Å²) in [4.78, 5) is 11.6. The Kier molecular flexibility index (Phi) is 5.38. The van der Waals surface area contributed by atoms with Gasteiger partial charge in [0.15, 0.2) is 0 Å². The number of aliphatic hydroxyl groups excluding tert-OH is 1. The van der Waals surface area contributed by atoms with E-state index in [2.05, 4.69) is 10.6 Å². The van der Waals surface area contributed by atoms with E-state index < -0.39 is 11.8 Å². The molecule has 0 bridgehead atoms. The fraction of sp³-hybridized carbons (Fsp3) is 0.417. The lowest BCUT2D eigenvalue weighted by Crippen LogP contribution is -2.39. The van der Waals surface area contributed by atoms with Gasteiger partial charge in [0.25, 0.3) is 0 Å². The number of aliphatic hydroxyl groups is 1. The second kappa shape index (κ2) is 6.80. The average Bonchev–Trinajstić information content (AvgIpc) is 2.36. The van der Waals surface area contributed by atoms with Crippen molar-refractivity contribution in [2.75, 3.05) is 19.0 Å². The number of rotatable bonds is 5. The fourth-order valence-electron chi connectivity index (χ4n) is 1.40. The zero-order valence-corrected chi connectivity index (χ0v) is 10.4. The number of hydrogen-bond donors (Lipinski definition) is 3. The molecule has 0 fully saturated rings. The van der Waals surface area contributed by atoms with Crippen molar-refractivity contribution in [1.82, 2.24) is 5.32 Å². The topological polar surface area (TPSA) is 70.6 Å². The van der Waals surface area contributed by atoms with Crippen LogP contribution in [0.2, 0.25) is 0 Å². The van der Waals surface area contributed by atoms with Crippen molar-refractivity contribution in [3.05, 3.63) is 24.0 Å². The van der Waals surface area contributed by atoms with Gasteiger partial charge in [-0.2, -0.15) is 0 Å². The van der Waals surface area contributed by atoms with Crippen molar-refractivity contribution in [2.45, 2.75) is 19.4 Å². The maximum atomic E-state index is 13.1. The highest BCUT2D eigenvalue weighted by molar-refractivity contribution is 5.91. The molecule has 0 saturated carbocycles. The lowest BCUT2D eigenvalue weighted by molar-refractivity contribution is 0.222. The smallest absolute Gasteiger partial charge is 0.319 e. The summed E-state index contributed by atoms with van der Waals surface area (Å²) in [5.74, 6) is -0.108. The van der Waals surface area contributed by atoms with Crippen LogP contribution in [0.3, 0.4) is 0 Å². The van der Waals surface area contributed by atoms with E-state index in [0.29, 0.717) is 12.2 Å². The number of carbonyl (C=O) groups excluding carboxylic acids is 1. The molecule has 1 rings (SSSR count). The van der Waals surface area contributed by atoms with Gasteiger partial charge in [0.2, 0.25) is 0 Å². The van der Waals surface area contributed by atoms with Gasteiger partial charge in [0.05, 0.1) is 25.4 Å². The van der Waals surface area contributed by atoms with Gasteiger partial charge in [-0.15, -0.1) is 0 Å². The zero-order chi connectivity index (χ0) is 13.5. The van der Waals surface area contributed by atoms with E-state index in [1.165, 1.54) is 19.2 Å². The highest BCUT2D eigenvalue weighted by Crippen LogP contribution is 2.24. The molecule has 0 aromatic heterocycles. The molecule has 1 aromatic carbocycles. The molecule has 0 aliphatic heterocycles. The van der Waals surface area contributed by atoms with Crippen molar-refractivity contribution < 1.29 is 19.0 Å². The van der Waals surface area contributed by atoms with Crippen LogP contribution in [-0.2, 0) is 0 Å². The SMILES string of the molecule is CCC(CO)NC(=O)Nc1cc(F)ccc1OC. The molecule has 0 saturated heterocycles. The summed E-state index contributed by atoms with van der Waals surface area (Å²) in [6.45, 7) is 1.69. The third-order valence-corrected chi connectivity index (χ3v) is 2.46. The second-order valence-corrected chi connectivity index (χ2v) is 3.73. The summed E-state index contributed by atoms with van der Waals surface area (Å²) >= 11 is 0. The number of ether oxygens (including phenoxy) is 1. The molecule has 0 spiro atoms. The van der Waals surface area contributed by atoms with Gasteiger partial charge in [0, 0.05) is 6.07 Å². The van der Waals surface area contributed by atoms with Crippen molar-refractivity contribution in [1.29, 1.82) is 0 Å². The first-order chi connectivity index (χ1) is 8.60. The molecule has 2 amide bonds. The van der Waals surface area contributed by atoms with Gasteiger partial charge in [-0.05, 0) is 18.6 Å². The second-order valence-electron chi connectivity index (χ2n) is 3.73. The van der Waals surface area contributed by atoms with Gasteiger partial charge in [0.1, 0.15) is 11.6 Å². The minimum Gasteiger partial charge on any atom is -0.495 e. The van der Waals surface area contributed by atoms with Crippen LogP contribution in [0.5, 0.6) is 5.75 Å². The van der Waals surface area contributed by atoms with E-state index in [1.807, 2.05) is 6.92 Å². The highest BCUT2D eigenvalue weighted by Gasteiger charge is 2.12. The number of benzene rings is 1. The summed E-state index contributed by atoms with van der Waals surface area (Å²) in [5, 5.41) is 14.0. The van der Waals surface area contributed by atoms with Crippen LogP contribution in [0, 0.1) is 5.82 Å². The van der Waals surface area contributed by atoms with E-state index in [9.17, 15) is 9.18 Å². The number of carbonyl (C=O) groups is 1. The van der Waals surface area contributed by atoms with Crippen LogP contribution in [0.25, 0.3) is 0 Å². The number of anilines is 1. The quantitative estimate of drug-likeness (QED) is 0.751. The van der Waals surface area contributed by atoms with Gasteiger partial charge < -0.3 is 20.5 Å². The van der Waals surface area contributed by atoms with Gasteiger partial charge in [-0.25, -0.2) is 9.18 Å². The first-order valence-corrected chi connectivity index (χ1v) is 5.62. The molecular weight excluding hydrogens is 239 g/mol. The number of amides is 2. The number of nitrogens with one attached hydrogen (secondary N) is 2. The monoisotopic (exact) mass is 256 g/mol. The highest BCUT2D eigenvalue weighted by atomic mass is 19.1. The Labute approximate surface area is 105 Å². The maximum absolute atomic E-state index is 13.1. The zero-order valence-electron chi connectivity index (χ0n) is 10.4. The third-order valence-electron chi connectivity index (χ3n) is 2.46. The van der Waals surface area contributed by atoms with Crippen LogP contribution < -0.4 is 15.4 Å². The first kappa shape index (κ1) is 14.2. The summed E-state index contributed by atoms with van der Waals surface area (Å²) < 4.78 is 18.1. The Morgan fingerprint density at radius 2 is 2.28 bits per heavy atom. The molecule has 0 aliphatic rings. The predicted molar refractivity (Wildman–Crippen MR) is 66.3 cm³/mol. The molecule has 6 heteroatoms. The van der Waals surface area contributed by atoms with Crippen molar-refractivity contribution >= 4 is 11.7 Å². The molecule has 3 N–H and O–H groups in total. The van der Waals surface area contributed by atoms with Crippen molar-refractivity contribution in [2.24, 2.45) is 0 Å². The molecule has 0 aliphatic carbocycles. The maximum Gasteiger partial charge on any atom is 0.319 e. The Morgan fingerprint density at radius 3 is 2.83 bits per heavy atom. The summed E-state index contributed by atoms with van der Waals surface area (Å²) in [5.41, 5.74) is 0.239. The van der Waals surface area contributed by atoms with Crippen molar-refractivity contribution in [3.8, 4) is 5.75 Å². The van der Waals surface area contributed by atoms with Crippen LogP contribution in [0.15, 0.2) is 18.2 Å². The average molecular weight is 256 g/mol. The summed E-state index contributed by atoms with van der Waals surface area (Å²) in [7, 11) is 1.43. The molecule has 0 heterocycles. The summed E-state index contributed by atoms with van der Waals surface area (Å²) in [6, 6.07) is 2.99. The molecule has 18 heavy (non-hydrogen) atoms. The molecule has 5 nitrogen and oxygen atoms in total. The molecule has 1 unspecified atom stereocenters. The van der Waals surface area contributed by atoms with E-state index >= 15 is 0 Å². The molecule has 1 atom stereocenters. The molecule has 0 radical (unpaired) electrons. The minimum absolute atomic E-state index is 0.149. The van der Waals surface area contributed by atoms with Gasteiger partial charge in [-0.3, -0.25) is 0 Å². The van der Waals surface area contributed by atoms with Crippen LogP contribution >= 0.6 is 0 Å². The first-order valence-electron chi connectivity index (χ1n) is 5.62. The number of urea groups is 1. The van der Waals surface area contributed by atoms with Gasteiger partial charge >= 0.3 is 6.03 Å². The molecular formula is C12H17FN2O3. The number of hydrogen-bond acceptors (Lipinski definition) is 3. The lowest BCUT2D eigenvalue weighted by atomic mass is 10.2. The Bertz CT molecular complexity index is 408. The van der Waals surface area contributed by atoms with Crippen LogP contribution in [0.1, 0.15) is 13.3 Å². The molecule has 1 aromatic rings. The largest absolute Gasteiger partial charge is 0.495 e. The molecule has 100 valence electrons.